The first-order chi connectivity index (χ1) is 19.7. The summed E-state index contributed by atoms with van der Waals surface area (Å²) in [5.41, 5.74) is 4.20. The van der Waals surface area contributed by atoms with E-state index in [1.54, 1.807) is 0 Å². The number of benzene rings is 2. The van der Waals surface area contributed by atoms with E-state index < -0.39 is 0 Å². The van der Waals surface area contributed by atoms with E-state index in [9.17, 15) is 4.79 Å². The topological polar surface area (TPSA) is 58.1 Å². The molecule has 0 atom stereocenters. The Hall–Kier alpha value is -3.26. The van der Waals surface area contributed by atoms with Gasteiger partial charge < -0.3 is 14.4 Å². The van der Waals surface area contributed by atoms with Crippen LogP contribution < -0.4 is 4.90 Å². The van der Waals surface area contributed by atoms with Gasteiger partial charge in [0.1, 0.15) is 5.82 Å². The fraction of sp³-hybridized carbons (Fsp3) is 0.471. The van der Waals surface area contributed by atoms with Crippen molar-refractivity contribution in [3.63, 3.8) is 0 Å². The van der Waals surface area contributed by atoms with Gasteiger partial charge in [-0.05, 0) is 70.4 Å². The maximum atomic E-state index is 14.2. The number of hydrogen-bond acceptors (Lipinski definition) is 5. The smallest absolute Gasteiger partial charge is 0.325 e. The molecular formula is C34H48N4O3. The largest absolute Gasteiger partial charge is 0.375 e. The third kappa shape index (κ3) is 10.9. The van der Waals surface area contributed by atoms with Crippen LogP contribution in [0.1, 0.15) is 50.1 Å². The molecule has 1 heterocycles. The Labute approximate surface area is 247 Å². The lowest BCUT2D eigenvalue weighted by Gasteiger charge is -2.35. The van der Waals surface area contributed by atoms with Crippen molar-refractivity contribution in [3.8, 4) is 0 Å². The minimum atomic E-state index is -0.0819. The predicted molar refractivity (Wildman–Crippen MR) is 167 cm³/mol. The Morgan fingerprint density at radius 2 is 1.24 bits per heavy atom. The van der Waals surface area contributed by atoms with E-state index in [1.165, 1.54) is 0 Å². The lowest BCUT2D eigenvalue weighted by molar-refractivity contribution is 0.0747. The fourth-order valence-corrected chi connectivity index (χ4v) is 4.95. The average molecular weight is 561 g/mol. The summed E-state index contributed by atoms with van der Waals surface area (Å²) in [6.07, 6.45) is 0. The van der Waals surface area contributed by atoms with Gasteiger partial charge in [-0.3, -0.25) is 9.80 Å². The quantitative estimate of drug-likeness (QED) is 0.188. The summed E-state index contributed by atoms with van der Waals surface area (Å²) in [5, 5.41) is 0. The van der Waals surface area contributed by atoms with Gasteiger partial charge in [0.15, 0.2) is 0 Å². The van der Waals surface area contributed by atoms with Gasteiger partial charge in [0.05, 0.1) is 26.4 Å². The van der Waals surface area contributed by atoms with Crippen LogP contribution in [0.15, 0.2) is 72.8 Å². The number of aryl methyl sites for hydroxylation is 2. The van der Waals surface area contributed by atoms with Crippen molar-refractivity contribution in [3.05, 3.63) is 95.2 Å². The zero-order valence-electron chi connectivity index (χ0n) is 25.8. The Morgan fingerprint density at radius 1 is 0.732 bits per heavy atom. The van der Waals surface area contributed by atoms with E-state index in [0.29, 0.717) is 64.0 Å². The van der Waals surface area contributed by atoms with E-state index >= 15 is 0 Å². The molecule has 0 aliphatic heterocycles. The van der Waals surface area contributed by atoms with Crippen LogP contribution in [0.2, 0.25) is 0 Å². The molecule has 7 nitrogen and oxygen atoms in total. The van der Waals surface area contributed by atoms with Crippen molar-refractivity contribution in [1.29, 1.82) is 0 Å². The first-order valence-electron chi connectivity index (χ1n) is 14.8. The minimum Gasteiger partial charge on any atom is -0.375 e. The van der Waals surface area contributed by atoms with Crippen molar-refractivity contribution in [2.45, 2.75) is 66.8 Å². The van der Waals surface area contributed by atoms with Gasteiger partial charge in [-0.15, -0.1) is 0 Å². The molecular weight excluding hydrogens is 512 g/mol. The number of carbonyl (C=O) groups is 1. The van der Waals surface area contributed by atoms with E-state index in [2.05, 4.69) is 32.6 Å². The molecule has 3 aromatic rings. The number of rotatable bonds is 16. The summed E-state index contributed by atoms with van der Waals surface area (Å²) in [7, 11) is 0. The van der Waals surface area contributed by atoms with Gasteiger partial charge in [-0.25, -0.2) is 9.78 Å². The minimum absolute atomic E-state index is 0.0819. The molecule has 222 valence electrons. The van der Waals surface area contributed by atoms with Crippen molar-refractivity contribution in [1.82, 2.24) is 14.8 Å². The van der Waals surface area contributed by atoms with Gasteiger partial charge in [-0.2, -0.15) is 0 Å². The lowest BCUT2D eigenvalue weighted by atomic mass is 10.2. The molecule has 0 N–H and O–H groups in total. The number of hydrogen-bond donors (Lipinski definition) is 0. The number of ether oxygens (including phenoxy) is 2. The average Bonchev–Trinajstić information content (AvgIpc) is 2.94. The molecule has 0 saturated carbocycles. The number of aromatic nitrogens is 1. The molecule has 1 aromatic heterocycles. The normalized spacial score (nSPS) is 11.4. The molecule has 2 aromatic carbocycles. The number of amides is 2. The third-order valence-electron chi connectivity index (χ3n) is 7.00. The van der Waals surface area contributed by atoms with Crippen LogP contribution in [0.25, 0.3) is 0 Å². The molecule has 3 rings (SSSR count). The van der Waals surface area contributed by atoms with Crippen LogP contribution in [-0.2, 0) is 22.7 Å². The number of anilines is 1. The molecule has 7 heteroatoms. The first-order valence-corrected chi connectivity index (χ1v) is 14.8. The molecule has 0 unspecified atom stereocenters. The Bertz CT molecular complexity index is 1100. The van der Waals surface area contributed by atoms with Crippen molar-refractivity contribution in [2.75, 3.05) is 44.3 Å². The molecule has 0 radical (unpaired) electrons. The Kier molecular flexibility index (Phi) is 13.3. The van der Waals surface area contributed by atoms with Gasteiger partial charge in [-0.1, -0.05) is 60.7 Å². The van der Waals surface area contributed by atoms with E-state index in [-0.39, 0.29) is 6.03 Å². The van der Waals surface area contributed by atoms with Gasteiger partial charge >= 0.3 is 6.03 Å². The standard InChI is InChI=1S/C34H48N4O3/c1-27(2)37(28(3)4)17-18-38(33-24-29(5)23-30(6)35-33)34(39)36(19-21-40-25-31-13-9-7-10-14-31)20-22-41-26-32-15-11-8-12-16-32/h7-16,23-24,27-28H,17-22,25-26H2,1-6H3. The van der Waals surface area contributed by atoms with E-state index in [1.807, 2.05) is 96.4 Å². The molecule has 0 aliphatic carbocycles. The molecule has 0 spiro atoms. The van der Waals surface area contributed by atoms with Gasteiger partial charge in [0.2, 0.25) is 0 Å². The van der Waals surface area contributed by atoms with Crippen molar-refractivity contribution in [2.24, 2.45) is 0 Å². The third-order valence-corrected chi connectivity index (χ3v) is 7.00. The summed E-state index contributed by atoms with van der Waals surface area (Å²) < 4.78 is 12.0. The summed E-state index contributed by atoms with van der Waals surface area (Å²) in [6, 6.07) is 24.9. The lowest BCUT2D eigenvalue weighted by Crippen LogP contribution is -2.50. The van der Waals surface area contributed by atoms with E-state index in [0.717, 1.165) is 28.9 Å². The summed E-state index contributed by atoms with van der Waals surface area (Å²) >= 11 is 0. The highest BCUT2D eigenvalue weighted by Crippen LogP contribution is 2.18. The van der Waals surface area contributed by atoms with Gasteiger partial charge in [0, 0.05) is 44.0 Å². The van der Waals surface area contributed by atoms with E-state index in [4.69, 9.17) is 14.5 Å². The van der Waals surface area contributed by atoms with Crippen LogP contribution in [0.3, 0.4) is 0 Å². The summed E-state index contributed by atoms with van der Waals surface area (Å²) in [5.74, 6) is 0.681. The van der Waals surface area contributed by atoms with Crippen molar-refractivity contribution < 1.29 is 14.3 Å². The maximum Gasteiger partial charge on any atom is 0.325 e. The second-order valence-corrected chi connectivity index (χ2v) is 11.1. The van der Waals surface area contributed by atoms with Crippen LogP contribution >= 0.6 is 0 Å². The highest BCUT2D eigenvalue weighted by Gasteiger charge is 2.25. The SMILES string of the molecule is Cc1cc(C)nc(N(CCN(C(C)C)C(C)C)C(=O)N(CCOCc2ccccc2)CCOCc2ccccc2)c1. The number of pyridine rings is 1. The second kappa shape index (κ2) is 16.9. The molecule has 0 aliphatic rings. The maximum absolute atomic E-state index is 14.2. The second-order valence-electron chi connectivity index (χ2n) is 11.1. The molecule has 0 bridgehead atoms. The van der Waals surface area contributed by atoms with Crippen LogP contribution in [0.5, 0.6) is 0 Å². The van der Waals surface area contributed by atoms with Crippen LogP contribution in [-0.4, -0.2) is 72.3 Å². The van der Waals surface area contributed by atoms with Crippen LogP contribution in [0, 0.1) is 13.8 Å². The molecule has 41 heavy (non-hydrogen) atoms. The monoisotopic (exact) mass is 560 g/mol. The Balaban J connectivity index is 1.75. The summed E-state index contributed by atoms with van der Waals surface area (Å²) in [6.45, 7) is 16.9. The highest BCUT2D eigenvalue weighted by atomic mass is 16.5. The van der Waals surface area contributed by atoms with Crippen LogP contribution in [0.4, 0.5) is 10.6 Å². The first kappa shape index (κ1) is 32.3. The molecule has 0 saturated heterocycles. The predicted octanol–water partition coefficient (Wildman–Crippen LogP) is 6.48. The number of urea groups is 1. The Morgan fingerprint density at radius 3 is 1.71 bits per heavy atom. The molecule has 0 fully saturated rings. The fourth-order valence-electron chi connectivity index (χ4n) is 4.95. The highest BCUT2D eigenvalue weighted by molar-refractivity contribution is 5.91. The molecule has 2 amide bonds. The van der Waals surface area contributed by atoms with Gasteiger partial charge in [0.25, 0.3) is 0 Å². The number of nitrogens with zero attached hydrogens (tertiary/aromatic N) is 4. The summed E-state index contributed by atoms with van der Waals surface area (Å²) in [4.78, 5) is 25.1. The van der Waals surface area contributed by atoms with Crippen molar-refractivity contribution >= 4 is 11.8 Å². The zero-order chi connectivity index (χ0) is 29.6. The number of carbonyl (C=O) groups excluding carboxylic acids is 1. The zero-order valence-corrected chi connectivity index (χ0v) is 25.8.